The van der Waals surface area contributed by atoms with Crippen LogP contribution in [0.2, 0.25) is 5.02 Å². The second-order valence-corrected chi connectivity index (χ2v) is 4.96. The normalized spacial score (nSPS) is 19.0. The smallest absolute Gasteiger partial charge is 0.255 e. The van der Waals surface area contributed by atoms with Crippen molar-refractivity contribution in [2.75, 3.05) is 13.1 Å². The van der Waals surface area contributed by atoms with E-state index in [-0.39, 0.29) is 10.9 Å². The number of allylic oxidation sites excluding steroid dienone is 1. The quantitative estimate of drug-likeness (QED) is 0.768. The maximum Gasteiger partial charge on any atom is 0.255 e. The first-order valence-electron chi connectivity index (χ1n) is 5.97. The predicted molar refractivity (Wildman–Crippen MR) is 70.2 cm³/mol. The van der Waals surface area contributed by atoms with Gasteiger partial charge in [0.05, 0.1) is 10.6 Å². The fraction of sp³-hybridized carbons (Fsp3) is 0.357. The van der Waals surface area contributed by atoms with Gasteiger partial charge in [0.15, 0.2) is 0 Å². The van der Waals surface area contributed by atoms with E-state index < -0.39 is 5.82 Å². The van der Waals surface area contributed by atoms with Crippen LogP contribution in [-0.2, 0) is 0 Å². The molecular formula is C14H15ClFNO. The summed E-state index contributed by atoms with van der Waals surface area (Å²) in [7, 11) is 0. The van der Waals surface area contributed by atoms with Crippen LogP contribution < -0.4 is 0 Å². The first kappa shape index (κ1) is 13.1. The summed E-state index contributed by atoms with van der Waals surface area (Å²) in [6, 6.07) is 3.88. The summed E-state index contributed by atoms with van der Waals surface area (Å²) in [5, 5.41) is 0.173. The van der Waals surface area contributed by atoms with Crippen LogP contribution in [0, 0.1) is 11.7 Å². The van der Waals surface area contributed by atoms with Crippen molar-refractivity contribution in [3.8, 4) is 0 Å². The van der Waals surface area contributed by atoms with E-state index in [2.05, 4.69) is 6.58 Å². The molecule has 1 heterocycles. The first-order valence-corrected chi connectivity index (χ1v) is 6.35. The Morgan fingerprint density at radius 3 is 3.06 bits per heavy atom. The molecule has 1 unspecified atom stereocenters. The van der Waals surface area contributed by atoms with E-state index in [1.807, 2.05) is 6.08 Å². The number of carbonyl (C=O) groups excluding carboxylic acids is 1. The molecule has 96 valence electrons. The topological polar surface area (TPSA) is 20.3 Å². The maximum absolute atomic E-state index is 12.9. The Bertz CT molecular complexity index is 475. The van der Waals surface area contributed by atoms with Gasteiger partial charge in [-0.1, -0.05) is 17.7 Å². The molecule has 1 aromatic rings. The molecule has 0 aliphatic carbocycles. The molecule has 1 aliphatic rings. The zero-order valence-corrected chi connectivity index (χ0v) is 10.8. The zero-order chi connectivity index (χ0) is 13.1. The van der Waals surface area contributed by atoms with Crippen molar-refractivity contribution >= 4 is 17.5 Å². The molecule has 1 saturated heterocycles. The molecular weight excluding hydrogens is 253 g/mol. The highest BCUT2D eigenvalue weighted by Gasteiger charge is 2.27. The SMILES string of the molecule is C=CCC1CCN(C(=O)c2ccc(F)cc2Cl)C1. The molecule has 0 aromatic heterocycles. The van der Waals surface area contributed by atoms with E-state index in [4.69, 9.17) is 11.6 Å². The molecule has 4 heteroatoms. The van der Waals surface area contributed by atoms with Gasteiger partial charge in [-0.15, -0.1) is 6.58 Å². The van der Waals surface area contributed by atoms with Crippen LogP contribution in [0.4, 0.5) is 4.39 Å². The third-order valence-electron chi connectivity index (χ3n) is 3.23. The largest absolute Gasteiger partial charge is 0.338 e. The van der Waals surface area contributed by atoms with Gasteiger partial charge in [0.25, 0.3) is 5.91 Å². The lowest BCUT2D eigenvalue weighted by Crippen LogP contribution is -2.28. The maximum atomic E-state index is 12.9. The van der Waals surface area contributed by atoms with Crippen molar-refractivity contribution in [1.29, 1.82) is 0 Å². The Labute approximate surface area is 111 Å². The Kier molecular flexibility index (Phi) is 4.02. The van der Waals surface area contributed by atoms with E-state index >= 15 is 0 Å². The fourth-order valence-corrected chi connectivity index (χ4v) is 2.53. The van der Waals surface area contributed by atoms with E-state index in [9.17, 15) is 9.18 Å². The number of nitrogens with zero attached hydrogens (tertiary/aromatic N) is 1. The predicted octanol–water partition coefficient (Wildman–Crippen LogP) is 3.52. The molecule has 0 N–H and O–H groups in total. The summed E-state index contributed by atoms with van der Waals surface area (Å²) in [5.74, 6) is -0.0697. The van der Waals surface area contributed by atoms with Gasteiger partial charge in [0, 0.05) is 13.1 Å². The Hall–Kier alpha value is -1.35. The third kappa shape index (κ3) is 2.72. The molecule has 1 aliphatic heterocycles. The molecule has 0 bridgehead atoms. The van der Waals surface area contributed by atoms with Crippen LogP contribution in [0.5, 0.6) is 0 Å². The Morgan fingerprint density at radius 2 is 2.39 bits per heavy atom. The summed E-state index contributed by atoms with van der Waals surface area (Å²) in [4.78, 5) is 14.0. The summed E-state index contributed by atoms with van der Waals surface area (Å²) < 4.78 is 12.9. The highest BCUT2D eigenvalue weighted by molar-refractivity contribution is 6.33. The summed E-state index contributed by atoms with van der Waals surface area (Å²) in [6.07, 6.45) is 3.78. The first-order chi connectivity index (χ1) is 8.61. The molecule has 1 aromatic carbocycles. The second-order valence-electron chi connectivity index (χ2n) is 4.55. The van der Waals surface area contributed by atoms with Gasteiger partial charge >= 0.3 is 0 Å². The number of carbonyl (C=O) groups is 1. The number of rotatable bonds is 3. The lowest BCUT2D eigenvalue weighted by molar-refractivity contribution is 0.0787. The van der Waals surface area contributed by atoms with Gasteiger partial charge in [-0.05, 0) is 37.0 Å². The Morgan fingerprint density at radius 1 is 1.61 bits per heavy atom. The molecule has 1 amide bonds. The monoisotopic (exact) mass is 267 g/mol. The van der Waals surface area contributed by atoms with E-state index in [1.54, 1.807) is 4.90 Å². The lowest BCUT2D eigenvalue weighted by Gasteiger charge is -2.17. The molecule has 1 atom stereocenters. The van der Waals surface area contributed by atoms with Gasteiger partial charge in [-0.2, -0.15) is 0 Å². The van der Waals surface area contributed by atoms with Crippen molar-refractivity contribution in [2.24, 2.45) is 5.92 Å². The molecule has 2 nitrogen and oxygen atoms in total. The van der Waals surface area contributed by atoms with Crippen molar-refractivity contribution in [1.82, 2.24) is 4.90 Å². The number of hydrogen-bond acceptors (Lipinski definition) is 1. The minimum atomic E-state index is -0.428. The number of halogens is 2. The number of likely N-dealkylation sites (tertiary alicyclic amines) is 1. The average Bonchev–Trinajstić information content (AvgIpc) is 2.77. The van der Waals surface area contributed by atoms with Crippen LogP contribution in [0.1, 0.15) is 23.2 Å². The lowest BCUT2D eigenvalue weighted by atomic mass is 10.1. The van der Waals surface area contributed by atoms with Crippen LogP contribution in [-0.4, -0.2) is 23.9 Å². The van der Waals surface area contributed by atoms with Crippen molar-refractivity contribution in [3.63, 3.8) is 0 Å². The van der Waals surface area contributed by atoms with E-state index in [1.165, 1.54) is 18.2 Å². The Balaban J connectivity index is 2.10. The zero-order valence-electron chi connectivity index (χ0n) is 10.0. The van der Waals surface area contributed by atoms with E-state index in [0.29, 0.717) is 11.5 Å². The fourth-order valence-electron chi connectivity index (χ4n) is 2.28. The minimum absolute atomic E-state index is 0.119. The van der Waals surface area contributed by atoms with Crippen LogP contribution >= 0.6 is 11.6 Å². The van der Waals surface area contributed by atoms with Crippen LogP contribution in [0.15, 0.2) is 30.9 Å². The summed E-state index contributed by atoms with van der Waals surface area (Å²) in [6.45, 7) is 5.16. The van der Waals surface area contributed by atoms with Gasteiger partial charge in [0.2, 0.25) is 0 Å². The molecule has 0 spiro atoms. The van der Waals surface area contributed by atoms with Crippen molar-refractivity contribution < 1.29 is 9.18 Å². The highest BCUT2D eigenvalue weighted by Crippen LogP contribution is 2.24. The summed E-state index contributed by atoms with van der Waals surface area (Å²) in [5.41, 5.74) is 0.373. The van der Waals surface area contributed by atoms with Gasteiger partial charge in [-0.3, -0.25) is 4.79 Å². The van der Waals surface area contributed by atoms with Crippen LogP contribution in [0.25, 0.3) is 0 Å². The molecule has 2 rings (SSSR count). The molecule has 18 heavy (non-hydrogen) atoms. The standard InChI is InChI=1S/C14H15ClFNO/c1-2-3-10-6-7-17(9-10)14(18)12-5-4-11(16)8-13(12)15/h2,4-5,8,10H,1,3,6-7,9H2. The second kappa shape index (κ2) is 5.53. The van der Waals surface area contributed by atoms with E-state index in [0.717, 1.165) is 25.9 Å². The number of hydrogen-bond donors (Lipinski definition) is 0. The van der Waals surface area contributed by atoms with Gasteiger partial charge in [0.1, 0.15) is 5.82 Å². The van der Waals surface area contributed by atoms with Crippen molar-refractivity contribution in [2.45, 2.75) is 12.8 Å². The highest BCUT2D eigenvalue weighted by atomic mass is 35.5. The molecule has 1 fully saturated rings. The van der Waals surface area contributed by atoms with Crippen molar-refractivity contribution in [3.05, 3.63) is 47.3 Å². The number of benzene rings is 1. The minimum Gasteiger partial charge on any atom is -0.338 e. The molecule has 0 radical (unpaired) electrons. The number of amides is 1. The average molecular weight is 268 g/mol. The summed E-state index contributed by atoms with van der Waals surface area (Å²) >= 11 is 5.90. The van der Waals surface area contributed by atoms with Gasteiger partial charge < -0.3 is 4.90 Å². The van der Waals surface area contributed by atoms with Gasteiger partial charge in [-0.25, -0.2) is 4.39 Å². The van der Waals surface area contributed by atoms with Crippen LogP contribution in [0.3, 0.4) is 0 Å². The third-order valence-corrected chi connectivity index (χ3v) is 3.55. The molecule has 0 saturated carbocycles.